The SMILES string of the molecule is CC/C=C\CCCCCCCCCC/C=C\OC(C)=O. The van der Waals surface area contributed by atoms with Crippen LogP contribution in [0.15, 0.2) is 24.5 Å². The molecule has 0 bridgehead atoms. The normalized spacial score (nSPS) is 11.5. The molecule has 2 heteroatoms. The van der Waals surface area contributed by atoms with Crippen LogP contribution in [0.2, 0.25) is 0 Å². The second kappa shape index (κ2) is 16.0. The van der Waals surface area contributed by atoms with E-state index in [9.17, 15) is 4.79 Å². The molecule has 0 amide bonds. The third kappa shape index (κ3) is 16.9. The van der Waals surface area contributed by atoms with Gasteiger partial charge >= 0.3 is 5.97 Å². The standard InChI is InChI=1S/C18H32O2/c1-3-4-5-6-7-8-9-10-11-12-13-14-15-16-17-20-18(2)19/h4-5,16-17H,3,6-15H2,1-2H3/b5-4-,17-16-. The van der Waals surface area contributed by atoms with Crippen LogP contribution in [0.5, 0.6) is 0 Å². The summed E-state index contributed by atoms with van der Waals surface area (Å²) in [5.41, 5.74) is 0. The van der Waals surface area contributed by atoms with Gasteiger partial charge in [-0.15, -0.1) is 0 Å². The topological polar surface area (TPSA) is 26.3 Å². The van der Waals surface area contributed by atoms with Gasteiger partial charge in [-0.2, -0.15) is 0 Å². The molecule has 0 atom stereocenters. The molecule has 0 aromatic rings. The van der Waals surface area contributed by atoms with E-state index in [1.807, 2.05) is 6.08 Å². The second-order valence-corrected chi connectivity index (χ2v) is 5.27. The van der Waals surface area contributed by atoms with Crippen molar-refractivity contribution in [3.63, 3.8) is 0 Å². The fraction of sp³-hybridized carbons (Fsp3) is 0.722. The van der Waals surface area contributed by atoms with Crippen LogP contribution >= 0.6 is 0 Å². The predicted octanol–water partition coefficient (Wildman–Crippen LogP) is 5.93. The third-order valence-electron chi connectivity index (χ3n) is 3.22. The fourth-order valence-corrected chi connectivity index (χ4v) is 2.08. The van der Waals surface area contributed by atoms with Crippen molar-refractivity contribution in [3.05, 3.63) is 24.5 Å². The van der Waals surface area contributed by atoms with E-state index in [4.69, 9.17) is 4.74 Å². The molecule has 0 aliphatic rings. The van der Waals surface area contributed by atoms with Crippen molar-refractivity contribution < 1.29 is 9.53 Å². The fourth-order valence-electron chi connectivity index (χ4n) is 2.08. The van der Waals surface area contributed by atoms with E-state index in [-0.39, 0.29) is 5.97 Å². The van der Waals surface area contributed by atoms with E-state index in [0.29, 0.717) is 0 Å². The van der Waals surface area contributed by atoms with Gasteiger partial charge in [-0.3, -0.25) is 4.79 Å². The van der Waals surface area contributed by atoms with Crippen molar-refractivity contribution in [1.82, 2.24) is 0 Å². The molecule has 0 aromatic heterocycles. The summed E-state index contributed by atoms with van der Waals surface area (Å²) in [5.74, 6) is -0.244. The molecule has 0 aliphatic heterocycles. The number of unbranched alkanes of at least 4 members (excludes halogenated alkanes) is 9. The number of rotatable bonds is 13. The predicted molar refractivity (Wildman–Crippen MR) is 86.5 cm³/mol. The van der Waals surface area contributed by atoms with Crippen LogP contribution in [0.25, 0.3) is 0 Å². The van der Waals surface area contributed by atoms with Crippen molar-refractivity contribution >= 4 is 5.97 Å². The second-order valence-electron chi connectivity index (χ2n) is 5.27. The highest BCUT2D eigenvalue weighted by molar-refractivity contribution is 5.66. The molecule has 0 rings (SSSR count). The molecule has 0 heterocycles. The Hall–Kier alpha value is -1.05. The van der Waals surface area contributed by atoms with Crippen molar-refractivity contribution in [2.24, 2.45) is 0 Å². The molecule has 2 nitrogen and oxygen atoms in total. The number of hydrogen-bond donors (Lipinski definition) is 0. The Kier molecular flexibility index (Phi) is 15.2. The Morgan fingerprint density at radius 2 is 1.30 bits per heavy atom. The van der Waals surface area contributed by atoms with Crippen LogP contribution in [-0.2, 0) is 9.53 Å². The first-order valence-corrected chi connectivity index (χ1v) is 8.24. The molecular formula is C18H32O2. The number of carbonyl (C=O) groups is 1. The maximum Gasteiger partial charge on any atom is 0.307 e. The lowest BCUT2D eigenvalue weighted by Gasteiger charge is -2.00. The zero-order chi connectivity index (χ0) is 14.9. The molecule has 0 N–H and O–H groups in total. The van der Waals surface area contributed by atoms with Gasteiger partial charge in [0.05, 0.1) is 6.26 Å². The highest BCUT2D eigenvalue weighted by atomic mass is 16.5. The summed E-state index contributed by atoms with van der Waals surface area (Å²) in [6.07, 6.45) is 22.1. The smallest absolute Gasteiger partial charge is 0.307 e. The minimum atomic E-state index is -0.244. The summed E-state index contributed by atoms with van der Waals surface area (Å²) in [7, 11) is 0. The summed E-state index contributed by atoms with van der Waals surface area (Å²) in [5, 5.41) is 0. The van der Waals surface area contributed by atoms with Gasteiger partial charge in [0.1, 0.15) is 0 Å². The summed E-state index contributed by atoms with van der Waals surface area (Å²) in [6.45, 7) is 3.60. The van der Waals surface area contributed by atoms with Gasteiger partial charge in [-0.05, 0) is 38.2 Å². The average Bonchev–Trinajstić information content (AvgIpc) is 2.43. The number of carbonyl (C=O) groups excluding carboxylic acids is 1. The van der Waals surface area contributed by atoms with Crippen molar-refractivity contribution in [1.29, 1.82) is 0 Å². The summed E-state index contributed by atoms with van der Waals surface area (Å²) in [4.78, 5) is 10.5. The first-order valence-electron chi connectivity index (χ1n) is 8.24. The zero-order valence-corrected chi connectivity index (χ0v) is 13.4. The van der Waals surface area contributed by atoms with Crippen molar-refractivity contribution in [2.75, 3.05) is 0 Å². The first-order chi connectivity index (χ1) is 9.77. The number of esters is 1. The Morgan fingerprint density at radius 1 is 0.800 bits per heavy atom. The Bertz CT molecular complexity index is 267. The number of allylic oxidation sites excluding steroid dienone is 3. The number of hydrogen-bond acceptors (Lipinski definition) is 2. The van der Waals surface area contributed by atoms with Gasteiger partial charge in [-0.1, -0.05) is 57.6 Å². The maximum atomic E-state index is 10.5. The summed E-state index contributed by atoms with van der Waals surface area (Å²) in [6, 6.07) is 0. The third-order valence-corrected chi connectivity index (χ3v) is 3.22. The van der Waals surface area contributed by atoms with E-state index < -0.39 is 0 Å². The van der Waals surface area contributed by atoms with Gasteiger partial charge in [0, 0.05) is 6.92 Å². The van der Waals surface area contributed by atoms with Gasteiger partial charge in [0.15, 0.2) is 0 Å². The molecular weight excluding hydrogens is 248 g/mol. The molecule has 116 valence electrons. The van der Waals surface area contributed by atoms with Gasteiger partial charge in [0.25, 0.3) is 0 Å². The van der Waals surface area contributed by atoms with Crippen LogP contribution in [-0.4, -0.2) is 5.97 Å². The Labute approximate surface area is 125 Å². The molecule has 0 fully saturated rings. The van der Waals surface area contributed by atoms with Gasteiger partial charge in [0.2, 0.25) is 0 Å². The van der Waals surface area contributed by atoms with Gasteiger partial charge in [-0.25, -0.2) is 0 Å². The Morgan fingerprint density at radius 3 is 1.80 bits per heavy atom. The highest BCUT2D eigenvalue weighted by Gasteiger charge is 1.92. The lowest BCUT2D eigenvalue weighted by atomic mass is 10.1. The molecule has 0 saturated heterocycles. The van der Waals surface area contributed by atoms with Crippen LogP contribution < -0.4 is 0 Å². The molecule has 0 radical (unpaired) electrons. The van der Waals surface area contributed by atoms with E-state index in [1.165, 1.54) is 71.0 Å². The Balaban J connectivity index is 3.08. The van der Waals surface area contributed by atoms with Crippen molar-refractivity contribution in [3.8, 4) is 0 Å². The molecule has 0 aromatic carbocycles. The van der Waals surface area contributed by atoms with E-state index in [0.717, 1.165) is 12.8 Å². The number of ether oxygens (including phenoxy) is 1. The molecule has 0 spiro atoms. The average molecular weight is 280 g/mol. The lowest BCUT2D eigenvalue weighted by molar-refractivity contribution is -0.135. The van der Waals surface area contributed by atoms with E-state index in [1.54, 1.807) is 0 Å². The molecule has 0 aliphatic carbocycles. The quantitative estimate of drug-likeness (QED) is 0.181. The summed E-state index contributed by atoms with van der Waals surface area (Å²) >= 11 is 0. The lowest BCUT2D eigenvalue weighted by Crippen LogP contribution is -1.89. The minimum absolute atomic E-state index is 0.244. The van der Waals surface area contributed by atoms with Crippen LogP contribution in [0.4, 0.5) is 0 Å². The highest BCUT2D eigenvalue weighted by Crippen LogP contribution is 2.11. The van der Waals surface area contributed by atoms with Crippen molar-refractivity contribution in [2.45, 2.75) is 84.5 Å². The molecule has 20 heavy (non-hydrogen) atoms. The van der Waals surface area contributed by atoms with E-state index in [2.05, 4.69) is 19.1 Å². The molecule has 0 unspecified atom stereocenters. The zero-order valence-electron chi connectivity index (χ0n) is 13.4. The largest absolute Gasteiger partial charge is 0.435 e. The maximum absolute atomic E-state index is 10.5. The van der Waals surface area contributed by atoms with Crippen LogP contribution in [0, 0.1) is 0 Å². The van der Waals surface area contributed by atoms with Crippen LogP contribution in [0.3, 0.4) is 0 Å². The summed E-state index contributed by atoms with van der Waals surface area (Å²) < 4.78 is 4.72. The monoisotopic (exact) mass is 280 g/mol. The van der Waals surface area contributed by atoms with Crippen LogP contribution in [0.1, 0.15) is 84.5 Å². The van der Waals surface area contributed by atoms with E-state index >= 15 is 0 Å². The minimum Gasteiger partial charge on any atom is -0.435 e. The molecule has 0 saturated carbocycles. The van der Waals surface area contributed by atoms with Gasteiger partial charge < -0.3 is 4.74 Å². The first kappa shape index (κ1) is 18.9.